The number of nitrogens with one attached hydrogen (secondary N) is 1. The van der Waals surface area contributed by atoms with Gasteiger partial charge in [-0.2, -0.15) is 0 Å². The fourth-order valence-corrected chi connectivity index (χ4v) is 2.74. The van der Waals surface area contributed by atoms with Crippen LogP contribution in [0.3, 0.4) is 0 Å². The first-order valence-corrected chi connectivity index (χ1v) is 7.43. The number of nitrogens with zero attached hydrogens (tertiary/aromatic N) is 2. The van der Waals surface area contributed by atoms with Gasteiger partial charge in [0.15, 0.2) is 0 Å². The molecule has 126 valence electrons. The van der Waals surface area contributed by atoms with Crippen LogP contribution in [0.4, 0.5) is 11.5 Å². The van der Waals surface area contributed by atoms with E-state index >= 15 is 0 Å². The number of hydrogen-bond donors (Lipinski definition) is 2. The Morgan fingerprint density at radius 2 is 2.00 bits per heavy atom. The zero-order valence-corrected chi connectivity index (χ0v) is 14.8. The number of carbonyl (C=O) groups excluding carboxylic acids is 1. The molecule has 0 aliphatic heterocycles. The Labute approximate surface area is 144 Å². The van der Waals surface area contributed by atoms with E-state index in [1.165, 1.54) is 0 Å². The number of anilines is 2. The maximum Gasteiger partial charge on any atom is 0.229 e. The van der Waals surface area contributed by atoms with Crippen LogP contribution in [0, 0.1) is 5.92 Å². The van der Waals surface area contributed by atoms with Crippen LogP contribution >= 0.6 is 24.8 Å². The summed E-state index contributed by atoms with van der Waals surface area (Å²) < 4.78 is 0. The molecule has 1 aliphatic rings. The van der Waals surface area contributed by atoms with E-state index in [9.17, 15) is 4.79 Å². The molecule has 1 aromatic heterocycles. The molecule has 1 fully saturated rings. The van der Waals surface area contributed by atoms with E-state index in [2.05, 4.69) is 29.0 Å². The number of amides is 1. The molecule has 1 aromatic rings. The smallest absolute Gasteiger partial charge is 0.229 e. The fraction of sp³-hybridized carbons (Fsp3) is 0.600. The van der Waals surface area contributed by atoms with Crippen molar-refractivity contribution in [1.29, 1.82) is 0 Å². The van der Waals surface area contributed by atoms with Crippen LogP contribution in [0.25, 0.3) is 0 Å². The van der Waals surface area contributed by atoms with E-state index in [4.69, 9.17) is 5.73 Å². The highest BCUT2D eigenvalue weighted by Gasteiger charge is 2.30. The summed E-state index contributed by atoms with van der Waals surface area (Å²) in [5.41, 5.74) is 6.69. The topological polar surface area (TPSA) is 71.2 Å². The third kappa shape index (κ3) is 5.00. The monoisotopic (exact) mass is 348 g/mol. The molecule has 0 aromatic carbocycles. The lowest BCUT2D eigenvalue weighted by Crippen LogP contribution is -2.34. The lowest BCUT2D eigenvalue weighted by Gasteiger charge is -2.20. The van der Waals surface area contributed by atoms with Crippen LogP contribution in [0.1, 0.15) is 33.1 Å². The third-order valence-electron chi connectivity index (χ3n) is 4.01. The van der Waals surface area contributed by atoms with Gasteiger partial charge in [-0.1, -0.05) is 6.42 Å². The van der Waals surface area contributed by atoms with Crippen molar-refractivity contribution in [3.05, 3.63) is 18.3 Å². The van der Waals surface area contributed by atoms with Crippen molar-refractivity contribution in [2.45, 2.75) is 39.2 Å². The van der Waals surface area contributed by atoms with Crippen LogP contribution < -0.4 is 16.0 Å². The summed E-state index contributed by atoms with van der Waals surface area (Å²) in [6, 6.07) is 3.84. The van der Waals surface area contributed by atoms with Crippen LogP contribution in [0.5, 0.6) is 0 Å². The second kappa shape index (κ2) is 9.87. The Bertz CT molecular complexity index is 451. The zero-order valence-electron chi connectivity index (χ0n) is 13.1. The SMILES string of the molecule is CCN(CC)c1ccc(NC(=O)C2CCCC2N)cn1.Cl.Cl. The highest BCUT2D eigenvalue weighted by molar-refractivity contribution is 5.93. The van der Waals surface area contributed by atoms with Gasteiger partial charge < -0.3 is 16.0 Å². The quantitative estimate of drug-likeness (QED) is 0.858. The summed E-state index contributed by atoms with van der Waals surface area (Å²) in [6.07, 6.45) is 4.58. The first kappa shape index (κ1) is 21.0. The Morgan fingerprint density at radius 1 is 1.32 bits per heavy atom. The summed E-state index contributed by atoms with van der Waals surface area (Å²) in [7, 11) is 0. The lowest BCUT2D eigenvalue weighted by atomic mass is 10.0. The molecule has 2 atom stereocenters. The maximum atomic E-state index is 12.1. The minimum Gasteiger partial charge on any atom is -0.357 e. The van der Waals surface area contributed by atoms with E-state index in [1.54, 1.807) is 6.20 Å². The van der Waals surface area contributed by atoms with Gasteiger partial charge in [-0.3, -0.25) is 4.79 Å². The number of halogens is 2. The summed E-state index contributed by atoms with van der Waals surface area (Å²) in [6.45, 7) is 6.04. The van der Waals surface area contributed by atoms with Crippen molar-refractivity contribution in [3.63, 3.8) is 0 Å². The van der Waals surface area contributed by atoms with Crippen LogP contribution in [0.2, 0.25) is 0 Å². The van der Waals surface area contributed by atoms with Crippen molar-refractivity contribution in [2.24, 2.45) is 11.7 Å². The number of hydrogen-bond acceptors (Lipinski definition) is 4. The van der Waals surface area contributed by atoms with Crippen molar-refractivity contribution in [2.75, 3.05) is 23.3 Å². The molecule has 22 heavy (non-hydrogen) atoms. The lowest BCUT2D eigenvalue weighted by molar-refractivity contribution is -0.120. The van der Waals surface area contributed by atoms with E-state index in [-0.39, 0.29) is 42.7 Å². The Kier molecular flexibility index (Phi) is 9.41. The van der Waals surface area contributed by atoms with Gasteiger partial charge in [0, 0.05) is 19.1 Å². The average molecular weight is 349 g/mol. The minimum absolute atomic E-state index is 0. The maximum absolute atomic E-state index is 12.1. The van der Waals surface area contributed by atoms with Gasteiger partial charge in [-0.15, -0.1) is 24.8 Å². The van der Waals surface area contributed by atoms with Crippen molar-refractivity contribution in [1.82, 2.24) is 4.98 Å². The molecule has 0 radical (unpaired) electrons. The molecular formula is C15H26Cl2N4O. The first-order chi connectivity index (χ1) is 9.65. The zero-order chi connectivity index (χ0) is 14.5. The number of pyridine rings is 1. The average Bonchev–Trinajstić information content (AvgIpc) is 2.88. The molecule has 0 spiro atoms. The number of nitrogens with two attached hydrogens (primary N) is 1. The molecule has 1 heterocycles. The van der Waals surface area contributed by atoms with Gasteiger partial charge in [0.25, 0.3) is 0 Å². The second-order valence-corrected chi connectivity index (χ2v) is 5.27. The molecule has 5 nitrogen and oxygen atoms in total. The molecule has 3 N–H and O–H groups in total. The van der Waals surface area contributed by atoms with Crippen molar-refractivity contribution < 1.29 is 4.79 Å². The Balaban J connectivity index is 0.00000220. The van der Waals surface area contributed by atoms with Gasteiger partial charge >= 0.3 is 0 Å². The molecule has 7 heteroatoms. The fourth-order valence-electron chi connectivity index (χ4n) is 2.74. The molecule has 0 bridgehead atoms. The Hall–Kier alpha value is -1.04. The first-order valence-electron chi connectivity index (χ1n) is 7.43. The minimum atomic E-state index is -0.0579. The van der Waals surface area contributed by atoms with Gasteiger partial charge in [-0.05, 0) is 38.8 Å². The molecular weight excluding hydrogens is 323 g/mol. The van der Waals surface area contributed by atoms with Crippen LogP contribution in [-0.4, -0.2) is 30.0 Å². The molecule has 1 aliphatic carbocycles. The third-order valence-corrected chi connectivity index (χ3v) is 4.01. The number of aromatic nitrogens is 1. The van der Waals surface area contributed by atoms with Gasteiger partial charge in [0.1, 0.15) is 5.82 Å². The van der Waals surface area contributed by atoms with Crippen molar-refractivity contribution in [3.8, 4) is 0 Å². The van der Waals surface area contributed by atoms with Gasteiger partial charge in [-0.25, -0.2) is 4.98 Å². The predicted octanol–water partition coefficient (Wildman–Crippen LogP) is 2.84. The van der Waals surface area contributed by atoms with E-state index in [1.807, 2.05) is 12.1 Å². The highest BCUT2D eigenvalue weighted by Crippen LogP contribution is 2.25. The summed E-state index contributed by atoms with van der Waals surface area (Å²) in [5.74, 6) is 0.899. The molecule has 1 saturated carbocycles. The predicted molar refractivity (Wildman–Crippen MR) is 96.2 cm³/mol. The highest BCUT2D eigenvalue weighted by atomic mass is 35.5. The number of carbonyl (C=O) groups is 1. The van der Waals surface area contributed by atoms with Crippen molar-refractivity contribution >= 4 is 42.2 Å². The van der Waals surface area contributed by atoms with Crippen LogP contribution in [-0.2, 0) is 4.79 Å². The summed E-state index contributed by atoms with van der Waals surface area (Å²) >= 11 is 0. The summed E-state index contributed by atoms with van der Waals surface area (Å²) in [4.78, 5) is 18.7. The molecule has 2 unspecified atom stereocenters. The standard InChI is InChI=1S/C15H24N4O.2ClH/c1-3-19(4-2)14-9-8-11(10-17-14)18-15(20)12-6-5-7-13(12)16;;/h8-10,12-13H,3-7,16H2,1-2H3,(H,18,20);2*1H. The Morgan fingerprint density at radius 3 is 2.45 bits per heavy atom. The number of rotatable bonds is 5. The van der Waals surface area contributed by atoms with Crippen LogP contribution in [0.15, 0.2) is 18.3 Å². The molecule has 1 amide bonds. The molecule has 0 saturated heterocycles. The van der Waals surface area contributed by atoms with E-state index in [0.717, 1.165) is 43.9 Å². The largest absolute Gasteiger partial charge is 0.357 e. The molecule has 2 rings (SSSR count). The van der Waals surface area contributed by atoms with E-state index in [0.29, 0.717) is 0 Å². The van der Waals surface area contributed by atoms with Gasteiger partial charge in [0.2, 0.25) is 5.91 Å². The van der Waals surface area contributed by atoms with Gasteiger partial charge in [0.05, 0.1) is 17.8 Å². The second-order valence-electron chi connectivity index (χ2n) is 5.27. The summed E-state index contributed by atoms with van der Waals surface area (Å²) in [5, 5.41) is 2.92. The normalized spacial score (nSPS) is 19.8. The van der Waals surface area contributed by atoms with E-state index < -0.39 is 0 Å².